The fourth-order valence-corrected chi connectivity index (χ4v) is 3.66. The summed E-state index contributed by atoms with van der Waals surface area (Å²) in [5, 5.41) is 16.9. The molecule has 15 heteroatoms. The number of anilines is 1. The largest absolute Gasteiger partial charge is 0.506 e. The van der Waals surface area contributed by atoms with Crippen LogP contribution in [-0.2, 0) is 31.5 Å². The Bertz CT molecular complexity index is 1110. The highest BCUT2D eigenvalue weighted by atomic mass is 32.2. The molecule has 0 heterocycles. The number of nitrogens with zero attached hydrogens (tertiary/aromatic N) is 2. The second kappa shape index (κ2) is 8.19. The minimum atomic E-state index is -4.85. The van der Waals surface area contributed by atoms with E-state index in [1.807, 2.05) is 0 Å². The molecule has 28 heavy (non-hydrogen) atoms. The number of phenols is 1. The Hall–Kier alpha value is -2.59. The average molecular weight is 451 g/mol. The van der Waals surface area contributed by atoms with E-state index in [1.165, 1.54) is 19.2 Å². The molecular weight excluding hydrogens is 438 g/mol. The van der Waals surface area contributed by atoms with Gasteiger partial charge in [-0.25, -0.2) is 0 Å². The Morgan fingerprint density at radius 2 is 1.57 bits per heavy atom. The zero-order valence-corrected chi connectivity index (χ0v) is 16.3. The maximum atomic E-state index is 12.1. The third-order valence-corrected chi connectivity index (χ3v) is 5.41. The maximum absolute atomic E-state index is 12.1. The van der Waals surface area contributed by atoms with Gasteiger partial charge in [0.15, 0.2) is 0 Å². The zero-order chi connectivity index (χ0) is 21.1. The summed E-state index contributed by atoms with van der Waals surface area (Å²) < 4.78 is 82.4. The van der Waals surface area contributed by atoms with Crippen LogP contribution in [0.2, 0.25) is 0 Å². The molecule has 0 saturated heterocycles. The smallest absolute Gasteiger partial charge is 0.316 e. The van der Waals surface area contributed by atoms with Crippen LogP contribution in [0.25, 0.3) is 0 Å². The summed E-state index contributed by atoms with van der Waals surface area (Å²) in [6.45, 7) is 0. The van der Waals surface area contributed by atoms with Gasteiger partial charge in [-0.1, -0.05) is 0 Å². The molecular formula is C13H13N3O9S3. The highest BCUT2D eigenvalue weighted by molar-refractivity contribution is 7.86. The van der Waals surface area contributed by atoms with E-state index in [1.54, 1.807) is 0 Å². The number of hydrogen-bond donors (Lipinski definition) is 4. The molecule has 0 amide bonds. The van der Waals surface area contributed by atoms with Crippen LogP contribution < -0.4 is 8.91 Å². The molecule has 4 N–H and O–H groups in total. The van der Waals surface area contributed by atoms with E-state index in [0.29, 0.717) is 18.2 Å². The second-order valence-electron chi connectivity index (χ2n) is 5.01. The maximum Gasteiger partial charge on any atom is 0.316 e. The Morgan fingerprint density at radius 3 is 2.04 bits per heavy atom. The van der Waals surface area contributed by atoms with Crippen molar-refractivity contribution in [2.24, 2.45) is 10.2 Å². The lowest BCUT2D eigenvalue weighted by atomic mass is 10.3. The van der Waals surface area contributed by atoms with Crippen molar-refractivity contribution in [3.05, 3.63) is 36.4 Å². The molecule has 0 radical (unpaired) electrons. The summed E-state index contributed by atoms with van der Waals surface area (Å²) in [6.07, 6.45) is 0. The van der Waals surface area contributed by atoms with Crippen molar-refractivity contribution in [3.63, 3.8) is 0 Å². The molecule has 2 rings (SSSR count). The van der Waals surface area contributed by atoms with Crippen molar-refractivity contribution >= 4 is 42.9 Å². The van der Waals surface area contributed by atoms with Gasteiger partial charge in [-0.2, -0.15) is 31.3 Å². The van der Waals surface area contributed by atoms with Gasteiger partial charge in [-0.15, -0.1) is 0 Å². The Kier molecular flexibility index (Phi) is 6.35. The molecule has 1 atom stereocenters. The van der Waals surface area contributed by atoms with Crippen molar-refractivity contribution in [2.45, 2.75) is 9.79 Å². The second-order valence-corrected chi connectivity index (χ2v) is 8.70. The van der Waals surface area contributed by atoms with Gasteiger partial charge in [-0.05, 0) is 18.2 Å². The highest BCUT2D eigenvalue weighted by Crippen LogP contribution is 2.30. The first-order valence-corrected chi connectivity index (χ1v) is 11.0. The molecule has 0 aliphatic rings. The van der Waals surface area contributed by atoms with Gasteiger partial charge < -0.3 is 9.29 Å². The van der Waals surface area contributed by atoms with Gasteiger partial charge in [-0.3, -0.25) is 13.8 Å². The van der Waals surface area contributed by atoms with Gasteiger partial charge >= 0.3 is 11.3 Å². The van der Waals surface area contributed by atoms with E-state index in [4.69, 9.17) is 13.3 Å². The first kappa shape index (κ1) is 21.7. The van der Waals surface area contributed by atoms with Gasteiger partial charge in [0.25, 0.3) is 20.2 Å². The molecule has 2 aromatic rings. The zero-order valence-electron chi connectivity index (χ0n) is 13.9. The molecule has 152 valence electrons. The quantitative estimate of drug-likeness (QED) is 0.358. The van der Waals surface area contributed by atoms with E-state index in [9.17, 15) is 26.2 Å². The number of hydrogen-bond acceptors (Lipinski definition) is 9. The molecule has 0 aliphatic heterocycles. The third kappa shape index (κ3) is 5.70. The van der Waals surface area contributed by atoms with Crippen LogP contribution in [-0.4, -0.2) is 42.3 Å². The van der Waals surface area contributed by atoms with Crippen molar-refractivity contribution in [2.75, 3.05) is 11.8 Å². The van der Waals surface area contributed by atoms with E-state index in [2.05, 4.69) is 15.0 Å². The summed E-state index contributed by atoms with van der Waals surface area (Å²) >= 11 is -2.38. The van der Waals surface area contributed by atoms with Crippen LogP contribution in [0.4, 0.5) is 11.4 Å². The van der Waals surface area contributed by atoms with Crippen LogP contribution in [0, 0.1) is 0 Å². The average Bonchev–Trinajstić information content (AvgIpc) is 2.55. The fraction of sp³-hybridized carbons (Fsp3) is 0.0769. The van der Waals surface area contributed by atoms with Crippen LogP contribution in [0.15, 0.2) is 56.4 Å². The predicted octanol–water partition coefficient (Wildman–Crippen LogP) is 1.67. The Balaban J connectivity index is 2.29. The van der Waals surface area contributed by atoms with Gasteiger partial charge in [0.2, 0.25) is 0 Å². The number of azo groups is 1. The SMILES string of the molecule is CN=Nc1ccc(NS(=O)Oc2cc(S(=O)(=O)O)cc(S(=O)(=O)O)c2)cc1O. The van der Waals surface area contributed by atoms with E-state index in [0.717, 1.165) is 6.07 Å². The van der Waals surface area contributed by atoms with Gasteiger partial charge in [0.05, 0.1) is 15.5 Å². The lowest BCUT2D eigenvalue weighted by Crippen LogP contribution is -2.12. The number of phenolic OH excluding ortho intramolecular Hbond substituents is 1. The van der Waals surface area contributed by atoms with Crippen molar-refractivity contribution < 1.29 is 39.4 Å². The Labute approximate surface area is 162 Å². The molecule has 2 aromatic carbocycles. The number of nitrogens with one attached hydrogen (secondary N) is 1. The van der Waals surface area contributed by atoms with Crippen LogP contribution >= 0.6 is 0 Å². The normalized spacial score (nSPS) is 13.4. The topological polar surface area (TPSA) is 192 Å². The third-order valence-electron chi connectivity index (χ3n) is 3.01. The number of rotatable bonds is 7. The van der Waals surface area contributed by atoms with Crippen molar-refractivity contribution in [3.8, 4) is 11.5 Å². The summed E-state index contributed by atoms with van der Waals surface area (Å²) in [6, 6.07) is 5.79. The van der Waals surface area contributed by atoms with Gasteiger partial charge in [0.1, 0.15) is 17.2 Å². The summed E-state index contributed by atoms with van der Waals surface area (Å²) in [5.41, 5.74) is 0.269. The monoisotopic (exact) mass is 451 g/mol. The predicted molar refractivity (Wildman–Crippen MR) is 97.0 cm³/mol. The standard InChI is InChI=1S/C13H13N3O9S3/c1-14-15-12-3-2-8(4-13(12)17)16-26(18)25-9-5-10(27(19,20)21)7-11(6-9)28(22,23)24/h2-7,16-17H,1H3,(H,19,20,21)(H,22,23,24). The van der Waals surface area contributed by atoms with Crippen molar-refractivity contribution in [1.82, 2.24) is 0 Å². The molecule has 0 aliphatic carbocycles. The summed E-state index contributed by atoms with van der Waals surface area (Å²) in [7, 11) is -8.29. The van der Waals surface area contributed by atoms with E-state index in [-0.39, 0.29) is 17.1 Å². The molecule has 12 nitrogen and oxygen atoms in total. The number of benzene rings is 2. The number of aromatic hydroxyl groups is 1. The van der Waals surface area contributed by atoms with Crippen LogP contribution in [0.5, 0.6) is 11.5 Å². The Morgan fingerprint density at radius 1 is 1.00 bits per heavy atom. The van der Waals surface area contributed by atoms with Crippen molar-refractivity contribution in [1.29, 1.82) is 0 Å². The first-order valence-electron chi connectivity index (χ1n) is 7.00. The van der Waals surface area contributed by atoms with E-state index < -0.39 is 47.0 Å². The van der Waals surface area contributed by atoms with Crippen LogP contribution in [0.1, 0.15) is 0 Å². The molecule has 0 aromatic heterocycles. The first-order chi connectivity index (χ1) is 12.9. The lowest BCUT2D eigenvalue weighted by Gasteiger charge is -2.10. The summed E-state index contributed by atoms with van der Waals surface area (Å²) in [5.74, 6) is -0.830. The van der Waals surface area contributed by atoms with E-state index >= 15 is 0 Å². The minimum absolute atomic E-state index is 0.117. The minimum Gasteiger partial charge on any atom is -0.506 e. The molecule has 1 unspecified atom stereocenters. The van der Waals surface area contributed by atoms with Crippen LogP contribution in [0.3, 0.4) is 0 Å². The molecule has 0 saturated carbocycles. The molecule has 0 fully saturated rings. The molecule has 0 spiro atoms. The lowest BCUT2D eigenvalue weighted by molar-refractivity contribution is 0.475. The van der Waals surface area contributed by atoms with Gasteiger partial charge in [0, 0.05) is 25.2 Å². The fourth-order valence-electron chi connectivity index (χ4n) is 1.88. The molecule has 0 bridgehead atoms. The highest BCUT2D eigenvalue weighted by Gasteiger charge is 2.20. The summed E-state index contributed by atoms with van der Waals surface area (Å²) in [4.78, 5) is -1.80.